The van der Waals surface area contributed by atoms with Gasteiger partial charge in [0.15, 0.2) is 5.82 Å². The molecule has 0 fully saturated rings. The van der Waals surface area contributed by atoms with E-state index in [1.165, 1.54) is 22.1 Å². The smallest absolute Gasteiger partial charge is 0.277 e. The predicted molar refractivity (Wildman–Crippen MR) is 141 cm³/mol. The molecule has 9 heteroatoms. The SMILES string of the molecule is CN(C)CCCSc1cnc(-c2cccc(Sn3nc(-c4cccc(C#N)c4)ccc3=O)c2)nc1. The Bertz CT molecular complexity index is 1400. The molecule has 0 bridgehead atoms. The highest BCUT2D eigenvalue weighted by Gasteiger charge is 2.09. The Balaban J connectivity index is 1.49. The average Bonchev–Trinajstić information content (AvgIpc) is 2.88. The highest BCUT2D eigenvalue weighted by Crippen LogP contribution is 2.26. The molecule has 4 aromatic rings. The van der Waals surface area contributed by atoms with Crippen LogP contribution in [0.5, 0.6) is 0 Å². The van der Waals surface area contributed by atoms with Crippen LogP contribution in [0.3, 0.4) is 0 Å². The van der Waals surface area contributed by atoms with Gasteiger partial charge in [-0.2, -0.15) is 14.4 Å². The molecule has 0 atom stereocenters. The lowest BCUT2D eigenvalue weighted by molar-refractivity contribution is 0.410. The number of hydrogen-bond donors (Lipinski definition) is 0. The van der Waals surface area contributed by atoms with Crippen molar-refractivity contribution < 1.29 is 0 Å². The second-order valence-corrected chi connectivity index (χ2v) is 10.2. The van der Waals surface area contributed by atoms with Gasteiger partial charge in [-0.05, 0) is 63.1 Å². The first-order chi connectivity index (χ1) is 17.0. The van der Waals surface area contributed by atoms with Crippen molar-refractivity contribution >= 4 is 23.7 Å². The van der Waals surface area contributed by atoms with Crippen molar-refractivity contribution in [2.75, 3.05) is 26.4 Å². The van der Waals surface area contributed by atoms with Gasteiger partial charge < -0.3 is 4.90 Å². The van der Waals surface area contributed by atoms with Gasteiger partial charge in [0.25, 0.3) is 5.56 Å². The highest BCUT2D eigenvalue weighted by atomic mass is 32.2. The van der Waals surface area contributed by atoms with Crippen LogP contribution < -0.4 is 5.56 Å². The predicted octanol–water partition coefficient (Wildman–Crippen LogP) is 4.84. The fourth-order valence-corrected chi connectivity index (χ4v) is 4.83. The van der Waals surface area contributed by atoms with E-state index in [1.54, 1.807) is 36.0 Å². The van der Waals surface area contributed by atoms with Crippen LogP contribution >= 0.6 is 23.7 Å². The van der Waals surface area contributed by atoms with Crippen LogP contribution in [0.15, 0.2) is 87.6 Å². The molecular weight excluding hydrogens is 476 g/mol. The molecule has 2 aromatic heterocycles. The minimum atomic E-state index is -0.229. The molecule has 0 radical (unpaired) electrons. The quantitative estimate of drug-likeness (QED) is 0.238. The van der Waals surface area contributed by atoms with Crippen LogP contribution in [0.25, 0.3) is 22.6 Å². The maximum absolute atomic E-state index is 12.5. The van der Waals surface area contributed by atoms with E-state index in [-0.39, 0.29) is 5.56 Å². The monoisotopic (exact) mass is 500 g/mol. The van der Waals surface area contributed by atoms with Crippen LogP contribution in [0, 0.1) is 11.3 Å². The zero-order valence-corrected chi connectivity index (χ0v) is 21.1. The molecule has 0 saturated carbocycles. The number of thioether (sulfide) groups is 1. The molecular formula is C26H24N6OS2. The van der Waals surface area contributed by atoms with E-state index in [2.05, 4.69) is 40.1 Å². The van der Waals surface area contributed by atoms with E-state index < -0.39 is 0 Å². The molecule has 0 saturated heterocycles. The summed E-state index contributed by atoms with van der Waals surface area (Å²) in [6, 6.07) is 20.2. The molecule has 0 N–H and O–H groups in total. The Kier molecular flexibility index (Phi) is 8.32. The summed E-state index contributed by atoms with van der Waals surface area (Å²) < 4.78 is 1.35. The Morgan fingerprint density at radius 3 is 2.51 bits per heavy atom. The van der Waals surface area contributed by atoms with Crippen molar-refractivity contribution in [1.82, 2.24) is 24.1 Å². The van der Waals surface area contributed by atoms with E-state index >= 15 is 0 Å². The summed E-state index contributed by atoms with van der Waals surface area (Å²) in [5.41, 5.74) is 2.57. The van der Waals surface area contributed by atoms with Crippen molar-refractivity contribution in [3.8, 4) is 28.7 Å². The van der Waals surface area contributed by atoms with E-state index in [4.69, 9.17) is 5.26 Å². The third-order valence-corrected chi connectivity index (χ3v) is 6.93. The minimum absolute atomic E-state index is 0.229. The second kappa shape index (κ2) is 11.8. The molecule has 2 heterocycles. The Hall–Kier alpha value is -3.45. The van der Waals surface area contributed by atoms with Gasteiger partial charge in [0.2, 0.25) is 0 Å². The third-order valence-electron chi connectivity index (χ3n) is 4.99. The van der Waals surface area contributed by atoms with Gasteiger partial charge in [-0.1, -0.05) is 24.3 Å². The van der Waals surface area contributed by atoms with E-state index in [9.17, 15) is 4.79 Å². The van der Waals surface area contributed by atoms with Crippen molar-refractivity contribution in [2.45, 2.75) is 16.2 Å². The van der Waals surface area contributed by atoms with Gasteiger partial charge in [0, 0.05) is 51.3 Å². The zero-order valence-electron chi connectivity index (χ0n) is 19.5. The van der Waals surface area contributed by atoms with E-state index in [1.807, 2.05) is 42.7 Å². The van der Waals surface area contributed by atoms with Crippen molar-refractivity contribution in [2.24, 2.45) is 0 Å². The Labute approximate surface area is 213 Å². The third kappa shape index (κ3) is 6.79. The van der Waals surface area contributed by atoms with Gasteiger partial charge in [0.05, 0.1) is 17.3 Å². The van der Waals surface area contributed by atoms with Gasteiger partial charge in [-0.15, -0.1) is 11.8 Å². The first-order valence-corrected chi connectivity index (χ1v) is 12.8. The Morgan fingerprint density at radius 2 is 1.74 bits per heavy atom. The summed E-state index contributed by atoms with van der Waals surface area (Å²) in [5, 5.41) is 13.7. The summed E-state index contributed by atoms with van der Waals surface area (Å²) in [6.45, 7) is 1.06. The van der Waals surface area contributed by atoms with Crippen molar-refractivity contribution in [3.63, 3.8) is 0 Å². The molecule has 0 aliphatic rings. The molecule has 0 amide bonds. The lowest BCUT2D eigenvalue weighted by Crippen LogP contribution is -2.16. The van der Waals surface area contributed by atoms with Crippen LogP contribution in [0.4, 0.5) is 0 Å². The summed E-state index contributed by atoms with van der Waals surface area (Å²) in [4.78, 5) is 25.6. The maximum atomic E-state index is 12.5. The highest BCUT2D eigenvalue weighted by molar-refractivity contribution is 7.99. The van der Waals surface area contributed by atoms with Crippen molar-refractivity contribution in [3.05, 3.63) is 89.0 Å². The van der Waals surface area contributed by atoms with Gasteiger partial charge in [0.1, 0.15) is 0 Å². The standard InChI is InChI=1S/C26H24N6OS2/c1-31(2)12-5-13-34-23-17-28-26(29-18-23)21-8-4-9-22(15-21)35-32-25(33)11-10-24(30-32)20-7-3-6-19(14-20)16-27/h3-4,6-11,14-15,17-18H,5,12-13H2,1-2H3. The van der Waals surface area contributed by atoms with Crippen LogP contribution in [0.1, 0.15) is 12.0 Å². The van der Waals surface area contributed by atoms with Gasteiger partial charge in [-0.3, -0.25) is 4.79 Å². The molecule has 0 aliphatic carbocycles. The molecule has 0 aliphatic heterocycles. The number of rotatable bonds is 9. The lowest BCUT2D eigenvalue weighted by Gasteiger charge is -2.09. The summed E-state index contributed by atoms with van der Waals surface area (Å²) in [7, 11) is 4.15. The molecule has 2 aromatic carbocycles. The molecule has 4 rings (SSSR count). The maximum Gasteiger partial charge on any atom is 0.277 e. The molecule has 7 nitrogen and oxygen atoms in total. The summed E-state index contributed by atoms with van der Waals surface area (Å²) >= 11 is 2.98. The fraction of sp³-hybridized carbons (Fsp3) is 0.192. The molecule has 0 unspecified atom stereocenters. The lowest BCUT2D eigenvalue weighted by atomic mass is 10.1. The molecule has 35 heavy (non-hydrogen) atoms. The number of aromatic nitrogens is 4. The van der Waals surface area contributed by atoms with Crippen LogP contribution in [-0.4, -0.2) is 50.4 Å². The zero-order chi connectivity index (χ0) is 24.6. The largest absolute Gasteiger partial charge is 0.309 e. The van der Waals surface area contributed by atoms with Crippen LogP contribution in [0.2, 0.25) is 0 Å². The second-order valence-electron chi connectivity index (χ2n) is 7.99. The summed E-state index contributed by atoms with van der Waals surface area (Å²) in [5.74, 6) is 1.65. The first-order valence-electron chi connectivity index (χ1n) is 11.0. The Morgan fingerprint density at radius 1 is 0.971 bits per heavy atom. The summed E-state index contributed by atoms with van der Waals surface area (Å²) in [6.07, 6.45) is 4.82. The number of hydrogen-bond acceptors (Lipinski definition) is 8. The minimum Gasteiger partial charge on any atom is -0.309 e. The van der Waals surface area contributed by atoms with E-state index in [0.717, 1.165) is 39.6 Å². The molecule has 0 spiro atoms. The topological polar surface area (TPSA) is 87.7 Å². The number of nitrogens with zero attached hydrogens (tertiary/aromatic N) is 6. The first kappa shape index (κ1) is 24.7. The normalized spacial score (nSPS) is 10.9. The van der Waals surface area contributed by atoms with Crippen molar-refractivity contribution in [1.29, 1.82) is 5.26 Å². The fourth-order valence-electron chi connectivity index (χ4n) is 3.26. The molecule has 176 valence electrons. The van der Waals surface area contributed by atoms with Crippen LogP contribution in [-0.2, 0) is 0 Å². The van der Waals surface area contributed by atoms with E-state index in [0.29, 0.717) is 17.1 Å². The average molecular weight is 501 g/mol. The number of benzene rings is 2. The number of nitriles is 1. The van der Waals surface area contributed by atoms with Gasteiger partial charge in [-0.25, -0.2) is 9.97 Å². The van der Waals surface area contributed by atoms with Gasteiger partial charge >= 0.3 is 0 Å².